The third-order valence-corrected chi connectivity index (χ3v) is 4.19. The Balaban J connectivity index is 2.15. The van der Waals surface area contributed by atoms with Crippen molar-refractivity contribution >= 4 is 38.6 Å². The summed E-state index contributed by atoms with van der Waals surface area (Å²) in [5, 5.41) is 0. The van der Waals surface area contributed by atoms with Crippen molar-refractivity contribution < 1.29 is 0 Å². The van der Waals surface area contributed by atoms with Crippen molar-refractivity contribution in [3.05, 3.63) is 58.6 Å². The highest BCUT2D eigenvalue weighted by Crippen LogP contribution is 2.27. The predicted molar refractivity (Wildman–Crippen MR) is 85.0 cm³/mol. The highest BCUT2D eigenvalue weighted by Gasteiger charge is 2.16. The Morgan fingerprint density at radius 3 is 2.70 bits per heavy atom. The summed E-state index contributed by atoms with van der Waals surface area (Å²) in [5.74, 6) is 1.25. The van der Waals surface area contributed by atoms with Crippen molar-refractivity contribution in [1.29, 1.82) is 0 Å². The van der Waals surface area contributed by atoms with Crippen LogP contribution in [0.1, 0.15) is 24.4 Å². The first-order valence-corrected chi connectivity index (χ1v) is 7.65. The summed E-state index contributed by atoms with van der Waals surface area (Å²) < 4.78 is 3.25. The highest BCUT2D eigenvalue weighted by atomic mass is 79.9. The number of imidazole rings is 1. The molecule has 0 saturated carbocycles. The smallest absolute Gasteiger partial charge is 0.125 e. The van der Waals surface area contributed by atoms with Gasteiger partial charge in [0.25, 0.3) is 0 Å². The fourth-order valence-electron chi connectivity index (χ4n) is 2.42. The first-order chi connectivity index (χ1) is 9.70. The summed E-state index contributed by atoms with van der Waals surface area (Å²) in [7, 11) is 0. The van der Waals surface area contributed by atoms with Crippen LogP contribution in [-0.2, 0) is 5.88 Å². The number of halogens is 2. The standard InChI is InChI=1S/C15H13BrClN3/c1-10(11-2-4-12(16)5-3-11)20-14-6-7-18-9-13(14)19-15(20)8-17/h2-7,9-10H,8H2,1H3. The SMILES string of the molecule is CC(c1ccc(Br)cc1)n1c(CCl)nc2cnccc21. The van der Waals surface area contributed by atoms with E-state index in [4.69, 9.17) is 11.6 Å². The van der Waals surface area contributed by atoms with Crippen LogP contribution in [0, 0.1) is 0 Å². The zero-order chi connectivity index (χ0) is 14.1. The minimum Gasteiger partial charge on any atom is -0.320 e. The fourth-order valence-corrected chi connectivity index (χ4v) is 2.87. The molecule has 0 amide bonds. The van der Waals surface area contributed by atoms with Crippen LogP contribution in [0.3, 0.4) is 0 Å². The van der Waals surface area contributed by atoms with Crippen molar-refractivity contribution in [3.8, 4) is 0 Å². The number of aromatic nitrogens is 3. The number of alkyl halides is 1. The van der Waals surface area contributed by atoms with E-state index in [1.165, 1.54) is 5.56 Å². The summed E-state index contributed by atoms with van der Waals surface area (Å²) in [6.07, 6.45) is 3.56. The summed E-state index contributed by atoms with van der Waals surface area (Å²) in [5.41, 5.74) is 3.16. The molecule has 0 spiro atoms. The molecule has 3 aromatic rings. The second-order valence-electron chi connectivity index (χ2n) is 4.62. The number of benzene rings is 1. The zero-order valence-corrected chi connectivity index (χ0v) is 13.3. The van der Waals surface area contributed by atoms with E-state index in [1.54, 1.807) is 12.4 Å². The van der Waals surface area contributed by atoms with Crippen LogP contribution in [0.2, 0.25) is 0 Å². The third kappa shape index (κ3) is 2.34. The summed E-state index contributed by atoms with van der Waals surface area (Å²) in [6, 6.07) is 10.5. The van der Waals surface area contributed by atoms with Gasteiger partial charge in [-0.05, 0) is 30.7 Å². The van der Waals surface area contributed by atoms with Crippen LogP contribution >= 0.6 is 27.5 Å². The van der Waals surface area contributed by atoms with Gasteiger partial charge >= 0.3 is 0 Å². The Hall–Kier alpha value is -1.39. The zero-order valence-electron chi connectivity index (χ0n) is 10.9. The predicted octanol–water partition coefficient (Wildman–Crippen LogP) is 4.54. The molecule has 0 N–H and O–H groups in total. The monoisotopic (exact) mass is 349 g/mol. The van der Waals surface area contributed by atoms with Gasteiger partial charge in [-0.15, -0.1) is 11.6 Å². The summed E-state index contributed by atoms with van der Waals surface area (Å²) in [6.45, 7) is 2.15. The van der Waals surface area contributed by atoms with Crippen molar-refractivity contribution in [3.63, 3.8) is 0 Å². The molecule has 5 heteroatoms. The number of fused-ring (bicyclic) bond motifs is 1. The van der Waals surface area contributed by atoms with E-state index in [0.717, 1.165) is 21.3 Å². The maximum atomic E-state index is 6.05. The average Bonchev–Trinajstić information content (AvgIpc) is 2.85. The van der Waals surface area contributed by atoms with E-state index in [1.807, 2.05) is 18.2 Å². The molecule has 3 nitrogen and oxygen atoms in total. The Morgan fingerprint density at radius 2 is 2.00 bits per heavy atom. The molecule has 0 aliphatic heterocycles. The van der Waals surface area contributed by atoms with Gasteiger partial charge < -0.3 is 4.57 Å². The summed E-state index contributed by atoms with van der Waals surface area (Å²) >= 11 is 9.51. The second-order valence-corrected chi connectivity index (χ2v) is 5.81. The lowest BCUT2D eigenvalue weighted by Gasteiger charge is -2.17. The topological polar surface area (TPSA) is 30.7 Å². The Labute approximate surface area is 130 Å². The third-order valence-electron chi connectivity index (χ3n) is 3.42. The number of hydrogen-bond acceptors (Lipinski definition) is 2. The molecule has 2 aromatic heterocycles. The Morgan fingerprint density at radius 1 is 1.25 bits per heavy atom. The normalized spacial score (nSPS) is 12.8. The van der Waals surface area contributed by atoms with E-state index in [0.29, 0.717) is 5.88 Å². The van der Waals surface area contributed by atoms with Crippen LogP contribution in [-0.4, -0.2) is 14.5 Å². The van der Waals surface area contributed by atoms with Crippen molar-refractivity contribution in [2.24, 2.45) is 0 Å². The molecule has 102 valence electrons. The van der Waals surface area contributed by atoms with Crippen LogP contribution in [0.5, 0.6) is 0 Å². The van der Waals surface area contributed by atoms with Gasteiger partial charge in [0.2, 0.25) is 0 Å². The number of nitrogens with zero attached hydrogens (tertiary/aromatic N) is 3. The van der Waals surface area contributed by atoms with Gasteiger partial charge in [0.1, 0.15) is 11.3 Å². The molecule has 1 aromatic carbocycles. The lowest BCUT2D eigenvalue weighted by molar-refractivity contribution is 0.634. The minimum absolute atomic E-state index is 0.171. The van der Waals surface area contributed by atoms with Crippen LogP contribution in [0.4, 0.5) is 0 Å². The number of hydrogen-bond donors (Lipinski definition) is 0. The maximum Gasteiger partial charge on any atom is 0.125 e. The van der Waals surface area contributed by atoms with E-state index in [9.17, 15) is 0 Å². The molecule has 3 rings (SSSR count). The van der Waals surface area contributed by atoms with Gasteiger partial charge in [-0.2, -0.15) is 0 Å². The molecular formula is C15H13BrClN3. The van der Waals surface area contributed by atoms with E-state index in [2.05, 4.69) is 49.5 Å². The molecule has 1 unspecified atom stereocenters. The lowest BCUT2D eigenvalue weighted by Crippen LogP contribution is -2.09. The van der Waals surface area contributed by atoms with Crippen LogP contribution in [0.15, 0.2) is 47.2 Å². The lowest BCUT2D eigenvalue weighted by atomic mass is 10.1. The van der Waals surface area contributed by atoms with E-state index < -0.39 is 0 Å². The number of rotatable bonds is 3. The largest absolute Gasteiger partial charge is 0.320 e. The molecule has 0 radical (unpaired) electrons. The molecule has 20 heavy (non-hydrogen) atoms. The molecular weight excluding hydrogens is 338 g/mol. The molecule has 0 saturated heterocycles. The van der Waals surface area contributed by atoms with E-state index >= 15 is 0 Å². The first kappa shape index (κ1) is 13.6. The average molecular weight is 351 g/mol. The fraction of sp³-hybridized carbons (Fsp3) is 0.200. The van der Waals surface area contributed by atoms with Crippen molar-refractivity contribution in [2.75, 3.05) is 0 Å². The molecule has 1 atom stereocenters. The summed E-state index contributed by atoms with van der Waals surface area (Å²) in [4.78, 5) is 8.67. The quantitative estimate of drug-likeness (QED) is 0.649. The van der Waals surface area contributed by atoms with Gasteiger partial charge in [-0.1, -0.05) is 28.1 Å². The van der Waals surface area contributed by atoms with Gasteiger partial charge in [0.15, 0.2) is 0 Å². The van der Waals surface area contributed by atoms with E-state index in [-0.39, 0.29) is 6.04 Å². The number of pyridine rings is 1. The first-order valence-electron chi connectivity index (χ1n) is 6.33. The van der Waals surface area contributed by atoms with Gasteiger partial charge in [0.05, 0.1) is 23.6 Å². The van der Waals surface area contributed by atoms with Gasteiger partial charge in [-0.3, -0.25) is 4.98 Å². The molecule has 0 aliphatic rings. The molecule has 0 aliphatic carbocycles. The van der Waals surface area contributed by atoms with Crippen molar-refractivity contribution in [1.82, 2.24) is 14.5 Å². The Kier molecular flexibility index (Phi) is 3.76. The van der Waals surface area contributed by atoms with Crippen LogP contribution < -0.4 is 0 Å². The van der Waals surface area contributed by atoms with Gasteiger partial charge in [0, 0.05) is 10.7 Å². The van der Waals surface area contributed by atoms with Crippen LogP contribution in [0.25, 0.3) is 11.0 Å². The van der Waals surface area contributed by atoms with Crippen molar-refractivity contribution in [2.45, 2.75) is 18.8 Å². The molecule has 0 fully saturated rings. The minimum atomic E-state index is 0.171. The highest BCUT2D eigenvalue weighted by molar-refractivity contribution is 9.10. The second kappa shape index (κ2) is 5.54. The molecule has 0 bridgehead atoms. The van der Waals surface area contributed by atoms with Gasteiger partial charge in [-0.25, -0.2) is 4.98 Å². The molecule has 2 heterocycles. The Bertz CT molecular complexity index is 736. The maximum absolute atomic E-state index is 6.05.